The van der Waals surface area contributed by atoms with Crippen LogP contribution < -0.4 is 0 Å². The third kappa shape index (κ3) is 3.73. The zero-order chi connectivity index (χ0) is 14.7. The van der Waals surface area contributed by atoms with Crippen molar-refractivity contribution in [1.82, 2.24) is 9.88 Å². The summed E-state index contributed by atoms with van der Waals surface area (Å²) in [5.74, 6) is 0.447. The number of nitrogens with zero attached hydrogens (tertiary/aromatic N) is 2. The summed E-state index contributed by atoms with van der Waals surface area (Å²) in [6.45, 7) is 5.04. The maximum atomic E-state index is 12.8. The minimum absolute atomic E-state index is 0.00407. The molecule has 1 aliphatic rings. The van der Waals surface area contributed by atoms with Gasteiger partial charge in [0.25, 0.3) is 5.91 Å². The molecule has 0 atom stereocenters. The summed E-state index contributed by atoms with van der Waals surface area (Å²) in [5.41, 5.74) is 0.494. The minimum atomic E-state index is 0.00407. The molecule has 110 valence electrons. The molecule has 0 aromatic carbocycles. The van der Waals surface area contributed by atoms with Crippen LogP contribution in [0, 0.1) is 5.92 Å². The number of hydrogen-bond donors (Lipinski definition) is 0. The van der Waals surface area contributed by atoms with Crippen molar-refractivity contribution in [2.75, 3.05) is 6.54 Å². The number of carbonyl (C=O) groups excluding carboxylic acids is 1. The molecule has 5 heteroatoms. The summed E-state index contributed by atoms with van der Waals surface area (Å²) >= 11 is 9.46. The van der Waals surface area contributed by atoms with E-state index in [-0.39, 0.29) is 11.1 Å². The van der Waals surface area contributed by atoms with Crippen molar-refractivity contribution < 1.29 is 4.79 Å². The van der Waals surface area contributed by atoms with Gasteiger partial charge in [-0.15, -0.1) is 0 Å². The molecule has 0 aliphatic heterocycles. The maximum absolute atomic E-state index is 12.8. The van der Waals surface area contributed by atoms with Gasteiger partial charge in [-0.25, -0.2) is 4.98 Å². The molecule has 0 radical (unpaired) electrons. The summed E-state index contributed by atoms with van der Waals surface area (Å²) in [6.07, 6.45) is 6.21. The van der Waals surface area contributed by atoms with Gasteiger partial charge in [0.1, 0.15) is 5.15 Å². The first-order valence-corrected chi connectivity index (χ1v) is 8.28. The molecule has 2 rings (SSSR count). The molecule has 1 aromatic rings. The molecular weight excluding hydrogens is 340 g/mol. The molecule has 1 aromatic heterocycles. The van der Waals surface area contributed by atoms with Gasteiger partial charge < -0.3 is 4.90 Å². The highest BCUT2D eigenvalue weighted by atomic mass is 79.9. The Morgan fingerprint density at radius 3 is 2.75 bits per heavy atom. The van der Waals surface area contributed by atoms with Gasteiger partial charge in [0, 0.05) is 23.3 Å². The second kappa shape index (κ2) is 6.90. The fraction of sp³-hybridized carbons (Fsp3) is 0.600. The van der Waals surface area contributed by atoms with E-state index in [1.165, 1.54) is 12.8 Å². The zero-order valence-corrected chi connectivity index (χ0v) is 14.2. The van der Waals surface area contributed by atoms with Crippen LogP contribution >= 0.6 is 27.5 Å². The van der Waals surface area contributed by atoms with Crippen molar-refractivity contribution in [2.24, 2.45) is 5.92 Å². The van der Waals surface area contributed by atoms with Crippen molar-refractivity contribution in [3.8, 4) is 0 Å². The number of amides is 1. The molecule has 20 heavy (non-hydrogen) atoms. The smallest absolute Gasteiger partial charge is 0.257 e. The molecule has 0 bridgehead atoms. The number of halogens is 2. The highest BCUT2D eigenvalue weighted by molar-refractivity contribution is 9.10. The van der Waals surface area contributed by atoms with E-state index in [1.807, 2.05) is 4.90 Å². The summed E-state index contributed by atoms with van der Waals surface area (Å²) in [6, 6.07) is 2.11. The van der Waals surface area contributed by atoms with E-state index < -0.39 is 0 Å². The van der Waals surface area contributed by atoms with Gasteiger partial charge in [-0.3, -0.25) is 4.79 Å². The van der Waals surface area contributed by atoms with Crippen molar-refractivity contribution >= 4 is 33.4 Å². The van der Waals surface area contributed by atoms with Crippen molar-refractivity contribution in [2.45, 2.75) is 45.6 Å². The SMILES string of the molecule is CC(C)CN(C(=O)c1cc(Br)cnc1Cl)C1CCCC1. The molecule has 0 spiro atoms. The number of aromatic nitrogens is 1. The van der Waals surface area contributed by atoms with E-state index in [9.17, 15) is 4.79 Å². The van der Waals surface area contributed by atoms with Crippen LogP contribution in [-0.2, 0) is 0 Å². The summed E-state index contributed by atoms with van der Waals surface area (Å²) < 4.78 is 0.779. The van der Waals surface area contributed by atoms with Gasteiger partial charge in [-0.05, 0) is 40.8 Å². The van der Waals surface area contributed by atoms with E-state index in [1.54, 1.807) is 12.3 Å². The van der Waals surface area contributed by atoms with Gasteiger partial charge in [-0.1, -0.05) is 38.3 Å². The summed E-state index contributed by atoms with van der Waals surface area (Å²) in [5, 5.41) is 0.282. The van der Waals surface area contributed by atoms with Crippen LogP contribution in [0.5, 0.6) is 0 Å². The predicted molar refractivity (Wildman–Crippen MR) is 85.1 cm³/mol. The fourth-order valence-electron chi connectivity index (χ4n) is 2.73. The Kier molecular flexibility index (Phi) is 5.44. The van der Waals surface area contributed by atoms with E-state index in [0.29, 0.717) is 17.5 Å². The van der Waals surface area contributed by atoms with Crippen LogP contribution in [-0.4, -0.2) is 28.4 Å². The molecule has 0 unspecified atom stereocenters. The van der Waals surface area contributed by atoms with Crippen LogP contribution in [0.25, 0.3) is 0 Å². The molecule has 1 amide bonds. The third-order valence-electron chi connectivity index (χ3n) is 3.62. The van der Waals surface area contributed by atoms with Crippen LogP contribution in [0.3, 0.4) is 0 Å². The first-order chi connectivity index (χ1) is 9.49. The highest BCUT2D eigenvalue weighted by Crippen LogP contribution is 2.28. The maximum Gasteiger partial charge on any atom is 0.257 e. The normalized spacial score (nSPS) is 15.8. The molecule has 1 saturated carbocycles. The lowest BCUT2D eigenvalue weighted by Gasteiger charge is -2.31. The monoisotopic (exact) mass is 358 g/mol. The Morgan fingerprint density at radius 1 is 1.50 bits per heavy atom. The molecule has 0 saturated heterocycles. The van der Waals surface area contributed by atoms with Crippen molar-refractivity contribution in [1.29, 1.82) is 0 Å². The van der Waals surface area contributed by atoms with Gasteiger partial charge >= 0.3 is 0 Å². The minimum Gasteiger partial charge on any atom is -0.335 e. The number of hydrogen-bond acceptors (Lipinski definition) is 2. The molecule has 1 aliphatic carbocycles. The first kappa shape index (κ1) is 15.8. The molecule has 1 fully saturated rings. The van der Waals surface area contributed by atoms with Gasteiger partial charge in [0.2, 0.25) is 0 Å². The predicted octanol–water partition coefficient (Wildman–Crippen LogP) is 4.54. The van der Waals surface area contributed by atoms with E-state index in [4.69, 9.17) is 11.6 Å². The second-order valence-corrected chi connectivity index (χ2v) is 7.06. The van der Waals surface area contributed by atoms with E-state index >= 15 is 0 Å². The average Bonchev–Trinajstić information content (AvgIpc) is 2.91. The Hall–Kier alpha value is -0.610. The van der Waals surface area contributed by atoms with Gasteiger partial charge in [0.05, 0.1) is 5.56 Å². The lowest BCUT2D eigenvalue weighted by Crippen LogP contribution is -2.41. The zero-order valence-electron chi connectivity index (χ0n) is 11.9. The topological polar surface area (TPSA) is 33.2 Å². The third-order valence-corrected chi connectivity index (χ3v) is 4.36. The van der Waals surface area contributed by atoms with E-state index in [0.717, 1.165) is 23.9 Å². The number of carbonyl (C=O) groups is 1. The molecular formula is C15H20BrClN2O. The Balaban J connectivity index is 2.27. The fourth-order valence-corrected chi connectivity index (χ4v) is 3.25. The van der Waals surface area contributed by atoms with Crippen molar-refractivity contribution in [3.63, 3.8) is 0 Å². The van der Waals surface area contributed by atoms with Crippen LogP contribution in [0.15, 0.2) is 16.7 Å². The van der Waals surface area contributed by atoms with E-state index in [2.05, 4.69) is 34.8 Å². The standard InChI is InChI=1S/C15H20BrClN2O/c1-10(2)9-19(12-5-3-4-6-12)15(20)13-7-11(16)8-18-14(13)17/h7-8,10,12H,3-6,9H2,1-2H3. The highest BCUT2D eigenvalue weighted by Gasteiger charge is 2.29. The number of pyridine rings is 1. The Morgan fingerprint density at radius 2 is 2.15 bits per heavy atom. The first-order valence-electron chi connectivity index (χ1n) is 7.11. The molecule has 1 heterocycles. The summed E-state index contributed by atoms with van der Waals surface area (Å²) in [7, 11) is 0. The molecule has 0 N–H and O–H groups in total. The quantitative estimate of drug-likeness (QED) is 0.740. The van der Waals surface area contributed by atoms with Crippen LogP contribution in [0.4, 0.5) is 0 Å². The van der Waals surface area contributed by atoms with Gasteiger partial charge in [0.15, 0.2) is 0 Å². The lowest BCUT2D eigenvalue weighted by atomic mass is 10.1. The molecule has 3 nitrogen and oxygen atoms in total. The van der Waals surface area contributed by atoms with Crippen LogP contribution in [0.1, 0.15) is 49.9 Å². The largest absolute Gasteiger partial charge is 0.335 e. The Labute approximate surface area is 133 Å². The lowest BCUT2D eigenvalue weighted by molar-refractivity contribution is 0.0655. The summed E-state index contributed by atoms with van der Waals surface area (Å²) in [4.78, 5) is 18.9. The average molecular weight is 360 g/mol. The van der Waals surface area contributed by atoms with Gasteiger partial charge in [-0.2, -0.15) is 0 Å². The number of rotatable bonds is 4. The van der Waals surface area contributed by atoms with Crippen LogP contribution in [0.2, 0.25) is 5.15 Å². The second-order valence-electron chi connectivity index (χ2n) is 5.78. The Bertz CT molecular complexity index is 487. The van der Waals surface area contributed by atoms with Crippen molar-refractivity contribution in [3.05, 3.63) is 27.5 Å².